The maximum atomic E-state index is 6.05. The van der Waals surface area contributed by atoms with Gasteiger partial charge in [0.25, 0.3) is 0 Å². The summed E-state index contributed by atoms with van der Waals surface area (Å²) in [5.74, 6) is 1.22. The number of aromatic nitrogens is 4. The van der Waals surface area contributed by atoms with Gasteiger partial charge in [-0.05, 0) is 30.9 Å². The van der Waals surface area contributed by atoms with Crippen molar-refractivity contribution < 1.29 is 4.74 Å². The van der Waals surface area contributed by atoms with Gasteiger partial charge in [-0.1, -0.05) is 36.4 Å². The number of anilines is 1. The number of fused-ring (bicyclic) bond motifs is 3. The first-order chi connectivity index (χ1) is 11.7. The number of hydrogen-bond acceptors (Lipinski definition) is 5. The van der Waals surface area contributed by atoms with Gasteiger partial charge in [0.1, 0.15) is 5.82 Å². The molecule has 4 rings (SSSR count). The molecule has 6 nitrogen and oxygen atoms in total. The Kier molecular flexibility index (Phi) is 3.65. The van der Waals surface area contributed by atoms with Gasteiger partial charge in [0.2, 0.25) is 0 Å². The molecule has 2 aromatic heterocycles. The molecular formula is C18H19N5O. The van der Waals surface area contributed by atoms with Crippen molar-refractivity contribution in [2.45, 2.75) is 26.3 Å². The monoisotopic (exact) mass is 321 g/mol. The molecule has 0 spiro atoms. The average Bonchev–Trinajstić information content (AvgIpc) is 2.88. The summed E-state index contributed by atoms with van der Waals surface area (Å²) >= 11 is 0. The second kappa shape index (κ2) is 5.96. The molecule has 1 aromatic carbocycles. The third kappa shape index (κ3) is 2.71. The molecule has 0 unspecified atom stereocenters. The van der Waals surface area contributed by atoms with Crippen molar-refractivity contribution in [2.24, 2.45) is 0 Å². The summed E-state index contributed by atoms with van der Waals surface area (Å²) < 4.78 is 7.71. The average molecular weight is 321 g/mol. The maximum absolute atomic E-state index is 6.05. The van der Waals surface area contributed by atoms with E-state index in [2.05, 4.69) is 55.9 Å². The van der Waals surface area contributed by atoms with E-state index in [-0.39, 0.29) is 0 Å². The first kappa shape index (κ1) is 14.7. The summed E-state index contributed by atoms with van der Waals surface area (Å²) in [6, 6.07) is 8.89. The van der Waals surface area contributed by atoms with E-state index in [0.717, 1.165) is 18.7 Å². The molecule has 122 valence electrons. The molecule has 4 bridgehead atoms. The number of aryl methyl sites for hydroxylation is 1. The largest absolute Gasteiger partial charge is 0.463 e. The summed E-state index contributed by atoms with van der Waals surface area (Å²) in [6.07, 6.45) is 6.01. The zero-order valence-electron chi connectivity index (χ0n) is 13.6. The summed E-state index contributed by atoms with van der Waals surface area (Å²) in [4.78, 5) is 13.3. The van der Waals surface area contributed by atoms with Crippen LogP contribution in [0.25, 0.3) is 11.2 Å². The summed E-state index contributed by atoms with van der Waals surface area (Å²) in [7, 11) is 0. The van der Waals surface area contributed by atoms with E-state index < -0.39 is 0 Å². The highest BCUT2D eigenvalue weighted by atomic mass is 16.5. The van der Waals surface area contributed by atoms with E-state index in [1.165, 1.54) is 11.1 Å². The standard InChI is InChI=1S/C18H19N5O/c1-12-20-15-16(19)21-18-22-17(15)23(12)11-14-8-5-7-13(10-14)6-3-2-4-9-24-18/h2-3,5,7-8,10H,4,6,9,11H2,1H3,(H2,19,21,22)/b3-2+. The zero-order chi connectivity index (χ0) is 16.5. The molecule has 0 aliphatic carbocycles. The molecule has 24 heavy (non-hydrogen) atoms. The predicted molar refractivity (Wildman–Crippen MR) is 93.0 cm³/mol. The second-order valence-electron chi connectivity index (χ2n) is 5.94. The minimum absolute atomic E-state index is 0.306. The molecule has 0 fully saturated rings. The number of ether oxygens (including phenoxy) is 1. The minimum Gasteiger partial charge on any atom is -0.463 e. The quantitative estimate of drug-likeness (QED) is 0.644. The van der Waals surface area contributed by atoms with Gasteiger partial charge in [-0.2, -0.15) is 9.97 Å². The Bertz CT molecular complexity index is 929. The van der Waals surface area contributed by atoms with Crippen LogP contribution >= 0.6 is 0 Å². The van der Waals surface area contributed by atoms with Gasteiger partial charge in [-0.25, -0.2) is 4.98 Å². The molecular weight excluding hydrogens is 302 g/mol. The first-order valence-corrected chi connectivity index (χ1v) is 8.06. The van der Waals surface area contributed by atoms with Crippen molar-refractivity contribution in [1.82, 2.24) is 19.5 Å². The van der Waals surface area contributed by atoms with Crippen LogP contribution in [-0.4, -0.2) is 26.1 Å². The number of rotatable bonds is 0. The highest BCUT2D eigenvalue weighted by molar-refractivity contribution is 5.82. The van der Waals surface area contributed by atoms with Crippen LogP contribution in [0.4, 0.5) is 5.82 Å². The van der Waals surface area contributed by atoms with E-state index in [9.17, 15) is 0 Å². The fraction of sp³-hybridized carbons (Fsp3) is 0.278. The molecule has 2 N–H and O–H groups in total. The van der Waals surface area contributed by atoms with Gasteiger partial charge < -0.3 is 15.0 Å². The molecule has 0 radical (unpaired) electrons. The highest BCUT2D eigenvalue weighted by Gasteiger charge is 2.15. The van der Waals surface area contributed by atoms with Gasteiger partial charge in [-0.15, -0.1) is 0 Å². The van der Waals surface area contributed by atoms with Gasteiger partial charge in [0.05, 0.1) is 13.2 Å². The van der Waals surface area contributed by atoms with Crippen molar-refractivity contribution in [2.75, 3.05) is 12.3 Å². The number of nitrogens with zero attached hydrogens (tertiary/aromatic N) is 4. The smallest absolute Gasteiger partial charge is 0.320 e. The molecule has 6 heteroatoms. The number of benzene rings is 1. The topological polar surface area (TPSA) is 78.9 Å². The van der Waals surface area contributed by atoms with E-state index in [4.69, 9.17) is 10.5 Å². The van der Waals surface area contributed by atoms with E-state index in [1.807, 2.05) is 6.92 Å². The van der Waals surface area contributed by atoms with Crippen molar-refractivity contribution >= 4 is 17.0 Å². The predicted octanol–water partition coefficient (Wildman–Crippen LogP) is 2.65. The van der Waals surface area contributed by atoms with Crippen LogP contribution in [0.15, 0.2) is 36.4 Å². The number of nitrogens with two attached hydrogens (primary N) is 1. The normalized spacial score (nSPS) is 15.9. The minimum atomic E-state index is 0.306. The van der Waals surface area contributed by atoms with Gasteiger partial charge in [0.15, 0.2) is 17.0 Å². The molecule has 0 saturated heterocycles. The Labute approximate surface area is 140 Å². The number of imidazole rings is 1. The summed E-state index contributed by atoms with van der Waals surface area (Å²) in [5.41, 5.74) is 9.89. The van der Waals surface area contributed by atoms with Crippen LogP contribution < -0.4 is 10.5 Å². The lowest BCUT2D eigenvalue weighted by molar-refractivity contribution is 0.300. The maximum Gasteiger partial charge on any atom is 0.320 e. The van der Waals surface area contributed by atoms with Gasteiger partial charge in [0, 0.05) is 0 Å². The fourth-order valence-corrected chi connectivity index (χ4v) is 2.96. The van der Waals surface area contributed by atoms with E-state index in [1.54, 1.807) is 0 Å². The van der Waals surface area contributed by atoms with Crippen molar-refractivity contribution in [3.63, 3.8) is 0 Å². The lowest BCUT2D eigenvalue weighted by atomic mass is 10.1. The Morgan fingerprint density at radius 1 is 1.12 bits per heavy atom. The fourth-order valence-electron chi connectivity index (χ4n) is 2.96. The Morgan fingerprint density at radius 2 is 2.00 bits per heavy atom. The summed E-state index contributed by atoms with van der Waals surface area (Å²) in [6.45, 7) is 3.17. The Morgan fingerprint density at radius 3 is 2.92 bits per heavy atom. The number of allylic oxidation sites excluding steroid dienone is 1. The SMILES string of the molecule is Cc1nc2c(N)nc3nc2n1Cc1cccc(c1)C/C=C/CCO3. The number of nitrogen functional groups attached to an aromatic ring is 1. The first-order valence-electron chi connectivity index (χ1n) is 8.06. The summed E-state index contributed by atoms with van der Waals surface area (Å²) in [5, 5.41) is 0. The molecule has 0 amide bonds. The van der Waals surface area contributed by atoms with E-state index in [0.29, 0.717) is 36.1 Å². The van der Waals surface area contributed by atoms with Crippen molar-refractivity contribution in [3.05, 3.63) is 53.4 Å². The van der Waals surface area contributed by atoms with Crippen molar-refractivity contribution in [1.29, 1.82) is 0 Å². The van der Waals surface area contributed by atoms with Gasteiger partial charge in [-0.3, -0.25) is 0 Å². The number of hydrogen-bond donors (Lipinski definition) is 1. The lowest BCUT2D eigenvalue weighted by Gasteiger charge is -2.10. The van der Waals surface area contributed by atoms with Crippen molar-refractivity contribution in [3.8, 4) is 6.01 Å². The van der Waals surface area contributed by atoms with Crippen LogP contribution in [0.5, 0.6) is 6.01 Å². The molecule has 3 heterocycles. The van der Waals surface area contributed by atoms with Crippen LogP contribution in [0, 0.1) is 6.92 Å². The third-order valence-electron chi connectivity index (χ3n) is 4.16. The Hall–Kier alpha value is -2.89. The molecule has 1 aliphatic heterocycles. The van der Waals surface area contributed by atoms with Crippen LogP contribution in [0.3, 0.4) is 0 Å². The molecule has 0 saturated carbocycles. The van der Waals surface area contributed by atoms with E-state index >= 15 is 0 Å². The molecule has 1 aliphatic rings. The Balaban J connectivity index is 1.87. The third-order valence-corrected chi connectivity index (χ3v) is 4.16. The zero-order valence-corrected chi connectivity index (χ0v) is 13.6. The van der Waals surface area contributed by atoms with Crippen LogP contribution in [-0.2, 0) is 13.0 Å². The highest BCUT2D eigenvalue weighted by Crippen LogP contribution is 2.23. The van der Waals surface area contributed by atoms with Crippen LogP contribution in [0.2, 0.25) is 0 Å². The second-order valence-corrected chi connectivity index (χ2v) is 5.94. The molecule has 3 aromatic rings. The van der Waals surface area contributed by atoms with Gasteiger partial charge >= 0.3 is 6.01 Å². The molecule has 0 atom stereocenters. The lowest BCUT2D eigenvalue weighted by Crippen LogP contribution is -2.07. The van der Waals surface area contributed by atoms with Crippen LogP contribution in [0.1, 0.15) is 23.4 Å².